The second kappa shape index (κ2) is 4.64. The van der Waals surface area contributed by atoms with Crippen molar-refractivity contribution in [3.63, 3.8) is 0 Å². The van der Waals surface area contributed by atoms with E-state index in [-0.39, 0.29) is 5.97 Å². The number of hydrogen-bond donors (Lipinski definition) is 2. The summed E-state index contributed by atoms with van der Waals surface area (Å²) in [4.78, 5) is 11.4. The van der Waals surface area contributed by atoms with Gasteiger partial charge >= 0.3 is 5.97 Å². The number of ether oxygens (including phenoxy) is 1. The third kappa shape index (κ3) is 2.04. The normalized spacial score (nSPS) is 10.1. The van der Waals surface area contributed by atoms with Crippen LogP contribution < -0.4 is 5.73 Å². The minimum Gasteiger partial charge on any atom is -0.461 e. The molecule has 0 aliphatic rings. The molecular weight excluding hydrogens is 182 g/mol. The van der Waals surface area contributed by atoms with Crippen LogP contribution in [0.25, 0.3) is 0 Å². The molecule has 1 rings (SSSR count). The van der Waals surface area contributed by atoms with Gasteiger partial charge < -0.3 is 10.5 Å². The number of nitrogens with one attached hydrogen (secondary N) is 1. The monoisotopic (exact) mass is 197 g/mol. The first-order chi connectivity index (χ1) is 6.70. The zero-order chi connectivity index (χ0) is 10.6. The number of nitrogen functional groups attached to an aromatic ring is 1. The Bertz CT molecular complexity index is 320. The molecule has 5 heteroatoms. The molecule has 1 heterocycles. The van der Waals surface area contributed by atoms with Gasteiger partial charge in [-0.2, -0.15) is 5.10 Å². The van der Waals surface area contributed by atoms with E-state index in [1.54, 1.807) is 6.92 Å². The van der Waals surface area contributed by atoms with Gasteiger partial charge in [0.25, 0.3) is 0 Å². The minimum absolute atomic E-state index is 0.351. The second-order valence-electron chi connectivity index (χ2n) is 2.93. The SMILES string of the molecule is CCCc1c(N)n[nH]c1C(=O)OCC. The Hall–Kier alpha value is -1.52. The summed E-state index contributed by atoms with van der Waals surface area (Å²) in [6, 6.07) is 0. The number of esters is 1. The van der Waals surface area contributed by atoms with Gasteiger partial charge in [-0.1, -0.05) is 13.3 Å². The highest BCUT2D eigenvalue weighted by Crippen LogP contribution is 2.16. The van der Waals surface area contributed by atoms with Gasteiger partial charge in [-0.25, -0.2) is 4.79 Å². The zero-order valence-electron chi connectivity index (χ0n) is 8.46. The van der Waals surface area contributed by atoms with Crippen LogP contribution >= 0.6 is 0 Å². The number of carbonyl (C=O) groups is 1. The fourth-order valence-corrected chi connectivity index (χ4v) is 1.25. The molecule has 0 saturated heterocycles. The van der Waals surface area contributed by atoms with Crippen molar-refractivity contribution in [2.24, 2.45) is 0 Å². The topological polar surface area (TPSA) is 81.0 Å². The Morgan fingerprint density at radius 2 is 2.29 bits per heavy atom. The predicted molar refractivity (Wildman–Crippen MR) is 53.0 cm³/mol. The molecule has 0 unspecified atom stereocenters. The van der Waals surface area contributed by atoms with Gasteiger partial charge in [0.2, 0.25) is 0 Å². The standard InChI is InChI=1S/C9H15N3O2/c1-3-5-6-7(9(13)14-4-2)11-12-8(6)10/h3-5H2,1-2H3,(H3,10,11,12). The lowest BCUT2D eigenvalue weighted by molar-refractivity contribution is 0.0518. The van der Waals surface area contributed by atoms with Crippen molar-refractivity contribution in [2.45, 2.75) is 26.7 Å². The van der Waals surface area contributed by atoms with Crippen LogP contribution in [0.15, 0.2) is 0 Å². The fraction of sp³-hybridized carbons (Fsp3) is 0.556. The number of H-pyrrole nitrogens is 1. The summed E-state index contributed by atoms with van der Waals surface area (Å²) in [6.07, 6.45) is 1.65. The number of rotatable bonds is 4. The molecule has 0 bridgehead atoms. The zero-order valence-corrected chi connectivity index (χ0v) is 8.46. The molecule has 0 aliphatic carbocycles. The quantitative estimate of drug-likeness (QED) is 0.709. The first-order valence-corrected chi connectivity index (χ1v) is 4.70. The Kier molecular flexibility index (Phi) is 3.50. The summed E-state index contributed by atoms with van der Waals surface area (Å²) in [5.74, 6) is -0.00458. The summed E-state index contributed by atoms with van der Waals surface area (Å²) in [6.45, 7) is 4.13. The van der Waals surface area contributed by atoms with E-state index in [9.17, 15) is 4.79 Å². The van der Waals surface area contributed by atoms with E-state index < -0.39 is 0 Å². The molecule has 5 nitrogen and oxygen atoms in total. The third-order valence-electron chi connectivity index (χ3n) is 1.88. The van der Waals surface area contributed by atoms with Crippen molar-refractivity contribution in [3.8, 4) is 0 Å². The van der Waals surface area contributed by atoms with Crippen molar-refractivity contribution in [1.29, 1.82) is 0 Å². The van der Waals surface area contributed by atoms with Gasteiger partial charge in [0.1, 0.15) is 11.5 Å². The van der Waals surface area contributed by atoms with Crippen LogP contribution in [0, 0.1) is 0 Å². The van der Waals surface area contributed by atoms with Crippen molar-refractivity contribution < 1.29 is 9.53 Å². The van der Waals surface area contributed by atoms with Gasteiger partial charge in [0.15, 0.2) is 0 Å². The molecule has 78 valence electrons. The highest BCUT2D eigenvalue weighted by atomic mass is 16.5. The number of carbonyl (C=O) groups excluding carboxylic acids is 1. The maximum atomic E-state index is 11.4. The molecule has 0 saturated carbocycles. The van der Waals surface area contributed by atoms with Gasteiger partial charge in [-0.05, 0) is 13.3 Å². The minimum atomic E-state index is -0.389. The van der Waals surface area contributed by atoms with E-state index in [2.05, 4.69) is 10.2 Å². The van der Waals surface area contributed by atoms with Gasteiger partial charge in [-0.3, -0.25) is 5.10 Å². The van der Waals surface area contributed by atoms with Crippen LogP contribution in [0.2, 0.25) is 0 Å². The molecule has 1 aromatic rings. The molecule has 3 N–H and O–H groups in total. The molecule has 0 atom stereocenters. The Labute approximate surface area is 82.6 Å². The maximum absolute atomic E-state index is 11.4. The van der Waals surface area contributed by atoms with E-state index in [0.29, 0.717) is 18.1 Å². The summed E-state index contributed by atoms with van der Waals surface area (Å²) in [5.41, 5.74) is 6.75. The molecule has 14 heavy (non-hydrogen) atoms. The molecule has 0 spiro atoms. The fourth-order valence-electron chi connectivity index (χ4n) is 1.25. The highest BCUT2D eigenvalue weighted by molar-refractivity contribution is 5.90. The summed E-state index contributed by atoms with van der Waals surface area (Å²) >= 11 is 0. The van der Waals surface area contributed by atoms with Crippen LogP contribution in [-0.4, -0.2) is 22.8 Å². The maximum Gasteiger partial charge on any atom is 0.356 e. The smallest absolute Gasteiger partial charge is 0.356 e. The number of aromatic amines is 1. The number of hydrogen-bond acceptors (Lipinski definition) is 4. The number of nitrogens with zero attached hydrogens (tertiary/aromatic N) is 1. The first kappa shape index (κ1) is 10.6. The van der Waals surface area contributed by atoms with E-state index in [4.69, 9.17) is 10.5 Å². The van der Waals surface area contributed by atoms with E-state index in [0.717, 1.165) is 18.4 Å². The predicted octanol–water partition coefficient (Wildman–Crippen LogP) is 1.12. The van der Waals surface area contributed by atoms with Crippen LogP contribution in [0.4, 0.5) is 5.82 Å². The Balaban J connectivity index is 2.90. The lowest BCUT2D eigenvalue weighted by atomic mass is 10.1. The largest absolute Gasteiger partial charge is 0.461 e. The van der Waals surface area contributed by atoms with Crippen molar-refractivity contribution in [3.05, 3.63) is 11.3 Å². The average Bonchev–Trinajstić information content (AvgIpc) is 2.50. The number of aromatic nitrogens is 2. The van der Waals surface area contributed by atoms with Crippen LogP contribution in [0.1, 0.15) is 36.3 Å². The Morgan fingerprint density at radius 1 is 1.57 bits per heavy atom. The molecule has 0 aromatic carbocycles. The van der Waals surface area contributed by atoms with E-state index in [1.807, 2.05) is 6.92 Å². The molecule has 0 amide bonds. The summed E-state index contributed by atoms with van der Waals surface area (Å²) in [7, 11) is 0. The first-order valence-electron chi connectivity index (χ1n) is 4.70. The van der Waals surface area contributed by atoms with Gasteiger partial charge in [0.05, 0.1) is 6.61 Å². The van der Waals surface area contributed by atoms with Crippen molar-refractivity contribution in [1.82, 2.24) is 10.2 Å². The van der Waals surface area contributed by atoms with E-state index in [1.165, 1.54) is 0 Å². The number of anilines is 1. The van der Waals surface area contributed by atoms with Gasteiger partial charge in [-0.15, -0.1) is 0 Å². The van der Waals surface area contributed by atoms with Crippen LogP contribution in [0.3, 0.4) is 0 Å². The van der Waals surface area contributed by atoms with Crippen LogP contribution in [-0.2, 0) is 11.2 Å². The molecule has 1 aromatic heterocycles. The molecule has 0 radical (unpaired) electrons. The lowest BCUT2D eigenvalue weighted by Gasteiger charge is -2.01. The number of nitrogens with two attached hydrogens (primary N) is 1. The second-order valence-corrected chi connectivity index (χ2v) is 2.93. The summed E-state index contributed by atoms with van der Waals surface area (Å²) < 4.78 is 4.86. The molecule has 0 fully saturated rings. The van der Waals surface area contributed by atoms with Crippen molar-refractivity contribution >= 4 is 11.8 Å². The Morgan fingerprint density at radius 3 is 2.86 bits per heavy atom. The highest BCUT2D eigenvalue weighted by Gasteiger charge is 2.17. The lowest BCUT2D eigenvalue weighted by Crippen LogP contribution is -2.08. The van der Waals surface area contributed by atoms with Gasteiger partial charge in [0, 0.05) is 5.56 Å². The van der Waals surface area contributed by atoms with E-state index >= 15 is 0 Å². The van der Waals surface area contributed by atoms with Crippen molar-refractivity contribution in [2.75, 3.05) is 12.3 Å². The third-order valence-corrected chi connectivity index (χ3v) is 1.88. The summed E-state index contributed by atoms with van der Waals surface area (Å²) in [5, 5.41) is 6.38. The average molecular weight is 197 g/mol. The molecular formula is C9H15N3O2. The van der Waals surface area contributed by atoms with Crippen LogP contribution in [0.5, 0.6) is 0 Å². The molecule has 0 aliphatic heterocycles.